The fraction of sp³-hybridized carbons (Fsp3) is 0.905. The average molecular weight is 380 g/mol. The van der Waals surface area contributed by atoms with E-state index in [1.807, 2.05) is 4.90 Å². The molecule has 6 heteroatoms. The number of carboxylic acids is 1. The van der Waals surface area contributed by atoms with Crippen LogP contribution in [-0.4, -0.2) is 65.7 Å². The number of hydrogen-bond acceptors (Lipinski definition) is 3. The largest absolute Gasteiger partial charge is 0.481 e. The molecule has 0 aromatic heterocycles. The van der Waals surface area contributed by atoms with Crippen molar-refractivity contribution in [3.8, 4) is 0 Å². The van der Waals surface area contributed by atoms with E-state index in [1.54, 1.807) is 0 Å². The Morgan fingerprint density at radius 1 is 0.889 bits per heavy atom. The summed E-state index contributed by atoms with van der Waals surface area (Å²) in [4.78, 5) is 28.5. The van der Waals surface area contributed by atoms with E-state index in [4.69, 9.17) is 0 Å². The second-order valence-electron chi connectivity index (χ2n) is 8.83. The summed E-state index contributed by atoms with van der Waals surface area (Å²) in [5.41, 5.74) is 0. The number of nitrogens with one attached hydrogen (secondary N) is 1. The molecule has 3 fully saturated rings. The first kappa shape index (κ1) is 20.4. The maximum atomic E-state index is 12.7. The molecule has 2 unspecified atom stereocenters. The van der Waals surface area contributed by atoms with Crippen LogP contribution in [0.4, 0.5) is 4.79 Å². The molecule has 1 saturated carbocycles. The van der Waals surface area contributed by atoms with Gasteiger partial charge < -0.3 is 20.2 Å². The topological polar surface area (TPSA) is 72.9 Å². The van der Waals surface area contributed by atoms with Crippen molar-refractivity contribution in [3.63, 3.8) is 0 Å². The van der Waals surface area contributed by atoms with Crippen molar-refractivity contribution in [2.75, 3.05) is 32.7 Å². The van der Waals surface area contributed by atoms with E-state index < -0.39 is 5.97 Å². The Morgan fingerprint density at radius 2 is 1.59 bits per heavy atom. The highest BCUT2D eigenvalue weighted by molar-refractivity contribution is 5.74. The van der Waals surface area contributed by atoms with E-state index in [0.717, 1.165) is 32.2 Å². The number of carboxylic acid groups (broad SMARTS) is 1. The summed E-state index contributed by atoms with van der Waals surface area (Å²) in [6, 6.07) is 0.397. The second-order valence-corrected chi connectivity index (χ2v) is 8.83. The van der Waals surface area contributed by atoms with Crippen molar-refractivity contribution >= 4 is 12.0 Å². The van der Waals surface area contributed by atoms with E-state index in [-0.39, 0.29) is 18.4 Å². The minimum absolute atomic E-state index is 0.0682. The van der Waals surface area contributed by atoms with Gasteiger partial charge in [-0.2, -0.15) is 0 Å². The molecule has 2 N–H and O–H groups in total. The molecule has 154 valence electrons. The van der Waals surface area contributed by atoms with Crippen LogP contribution in [-0.2, 0) is 4.79 Å². The zero-order chi connectivity index (χ0) is 19.1. The summed E-state index contributed by atoms with van der Waals surface area (Å²) in [5.74, 6) is -0.206. The van der Waals surface area contributed by atoms with E-state index in [1.165, 1.54) is 51.6 Å². The molecule has 0 aromatic rings. The molecule has 0 aromatic carbocycles. The molecule has 2 saturated heterocycles. The Morgan fingerprint density at radius 3 is 2.30 bits per heavy atom. The summed E-state index contributed by atoms with van der Waals surface area (Å²) in [6.07, 6.45) is 11.8. The third-order valence-corrected chi connectivity index (χ3v) is 6.81. The second kappa shape index (κ2) is 10.3. The molecule has 3 aliphatic rings. The van der Waals surface area contributed by atoms with Crippen molar-refractivity contribution in [3.05, 3.63) is 0 Å². The molecule has 0 radical (unpaired) electrons. The van der Waals surface area contributed by atoms with E-state index in [2.05, 4.69) is 10.2 Å². The SMILES string of the molecule is O=C(O)CC1CCN(C(=O)NC2CCCCC2)CC1CCN1CCCCC1. The number of urea groups is 1. The fourth-order valence-corrected chi connectivity index (χ4v) is 5.13. The number of hydrogen-bond donors (Lipinski definition) is 2. The Labute approximate surface area is 163 Å². The maximum Gasteiger partial charge on any atom is 0.317 e. The minimum Gasteiger partial charge on any atom is -0.481 e. The van der Waals surface area contributed by atoms with Crippen LogP contribution in [0.3, 0.4) is 0 Å². The van der Waals surface area contributed by atoms with E-state index in [9.17, 15) is 14.7 Å². The van der Waals surface area contributed by atoms with E-state index in [0.29, 0.717) is 25.0 Å². The van der Waals surface area contributed by atoms with Gasteiger partial charge in [0.25, 0.3) is 0 Å². The van der Waals surface area contributed by atoms with Gasteiger partial charge in [0.2, 0.25) is 0 Å². The molecule has 6 nitrogen and oxygen atoms in total. The van der Waals surface area contributed by atoms with Crippen LogP contribution in [0.5, 0.6) is 0 Å². The summed E-state index contributed by atoms with van der Waals surface area (Å²) in [7, 11) is 0. The number of piperidine rings is 2. The Hall–Kier alpha value is -1.30. The van der Waals surface area contributed by atoms with Crippen LogP contribution in [0.15, 0.2) is 0 Å². The summed E-state index contributed by atoms with van der Waals surface area (Å²) < 4.78 is 0. The quantitative estimate of drug-likeness (QED) is 0.742. The monoisotopic (exact) mass is 379 g/mol. The molecule has 1 aliphatic carbocycles. The van der Waals surface area contributed by atoms with Gasteiger partial charge in [0.15, 0.2) is 0 Å². The first-order valence-electron chi connectivity index (χ1n) is 11.1. The lowest BCUT2D eigenvalue weighted by atomic mass is 9.81. The highest BCUT2D eigenvalue weighted by atomic mass is 16.4. The highest BCUT2D eigenvalue weighted by Gasteiger charge is 2.33. The normalized spacial score (nSPS) is 28.1. The van der Waals surface area contributed by atoms with Gasteiger partial charge in [-0.25, -0.2) is 4.79 Å². The minimum atomic E-state index is -0.705. The Balaban J connectivity index is 1.52. The number of aliphatic carboxylic acids is 1. The van der Waals surface area contributed by atoms with Crippen LogP contribution >= 0.6 is 0 Å². The number of nitrogens with zero attached hydrogens (tertiary/aromatic N) is 2. The van der Waals surface area contributed by atoms with Crippen molar-refractivity contribution < 1.29 is 14.7 Å². The van der Waals surface area contributed by atoms with Gasteiger partial charge in [0, 0.05) is 25.6 Å². The Bertz CT molecular complexity index is 487. The lowest BCUT2D eigenvalue weighted by Gasteiger charge is -2.40. The summed E-state index contributed by atoms with van der Waals surface area (Å²) in [6.45, 7) is 4.78. The smallest absolute Gasteiger partial charge is 0.317 e. The van der Waals surface area contributed by atoms with Gasteiger partial charge in [-0.15, -0.1) is 0 Å². The Kier molecular flexibility index (Phi) is 7.80. The van der Waals surface area contributed by atoms with Crippen LogP contribution in [0.2, 0.25) is 0 Å². The number of rotatable bonds is 6. The van der Waals surface area contributed by atoms with Crippen molar-refractivity contribution in [2.24, 2.45) is 11.8 Å². The lowest BCUT2D eigenvalue weighted by molar-refractivity contribution is -0.139. The number of carbonyl (C=O) groups excluding carboxylic acids is 1. The summed E-state index contributed by atoms with van der Waals surface area (Å²) in [5, 5.41) is 12.5. The fourth-order valence-electron chi connectivity index (χ4n) is 5.13. The molecule has 3 rings (SSSR count). The highest BCUT2D eigenvalue weighted by Crippen LogP contribution is 2.30. The first-order chi connectivity index (χ1) is 13.1. The maximum absolute atomic E-state index is 12.7. The number of carbonyl (C=O) groups is 2. The predicted molar refractivity (Wildman–Crippen MR) is 106 cm³/mol. The van der Waals surface area contributed by atoms with Crippen molar-refractivity contribution in [1.82, 2.24) is 15.1 Å². The molecular weight excluding hydrogens is 342 g/mol. The number of amides is 2. The summed E-state index contributed by atoms with van der Waals surface area (Å²) >= 11 is 0. The zero-order valence-electron chi connectivity index (χ0n) is 16.7. The third kappa shape index (κ3) is 6.37. The van der Waals surface area contributed by atoms with Gasteiger partial charge in [-0.1, -0.05) is 25.7 Å². The van der Waals surface area contributed by atoms with Gasteiger partial charge in [-0.3, -0.25) is 4.79 Å². The van der Waals surface area contributed by atoms with Crippen LogP contribution < -0.4 is 5.32 Å². The number of likely N-dealkylation sites (tertiary alicyclic amines) is 2. The lowest BCUT2D eigenvalue weighted by Crippen LogP contribution is -2.51. The molecule has 2 aliphatic heterocycles. The molecule has 2 heterocycles. The van der Waals surface area contributed by atoms with Gasteiger partial charge in [0.05, 0.1) is 0 Å². The average Bonchev–Trinajstić information content (AvgIpc) is 2.68. The van der Waals surface area contributed by atoms with Crippen LogP contribution in [0.25, 0.3) is 0 Å². The van der Waals surface area contributed by atoms with Gasteiger partial charge >= 0.3 is 12.0 Å². The van der Waals surface area contributed by atoms with Gasteiger partial charge in [-0.05, 0) is 70.0 Å². The molecule has 27 heavy (non-hydrogen) atoms. The molecule has 2 amide bonds. The molecule has 0 spiro atoms. The van der Waals surface area contributed by atoms with Crippen molar-refractivity contribution in [2.45, 2.75) is 76.7 Å². The molecular formula is C21H37N3O3. The van der Waals surface area contributed by atoms with E-state index >= 15 is 0 Å². The first-order valence-corrected chi connectivity index (χ1v) is 11.1. The van der Waals surface area contributed by atoms with Crippen LogP contribution in [0, 0.1) is 11.8 Å². The standard InChI is InChI=1S/C21H37N3O3/c25-20(26)15-17-10-14-24(21(27)22-19-7-3-1-4-8-19)16-18(17)9-13-23-11-5-2-6-12-23/h17-19H,1-16H2,(H,22,27)(H,25,26). The van der Waals surface area contributed by atoms with Crippen molar-refractivity contribution in [1.29, 1.82) is 0 Å². The predicted octanol–water partition coefficient (Wildman–Crippen LogP) is 3.32. The van der Waals surface area contributed by atoms with Gasteiger partial charge in [0.1, 0.15) is 0 Å². The zero-order valence-corrected chi connectivity index (χ0v) is 16.7. The molecule has 0 bridgehead atoms. The van der Waals surface area contributed by atoms with Crippen LogP contribution in [0.1, 0.15) is 70.6 Å². The molecule has 2 atom stereocenters. The third-order valence-electron chi connectivity index (χ3n) is 6.81.